The lowest BCUT2D eigenvalue weighted by Gasteiger charge is -2.37. The maximum Gasteiger partial charge on any atom is 0.573 e. The zero-order valence-electron chi connectivity index (χ0n) is 22.7. The number of hydrogen-bond acceptors (Lipinski definition) is 7. The molecular weight excluding hydrogens is 595 g/mol. The third-order valence-electron chi connectivity index (χ3n) is 7.23. The van der Waals surface area contributed by atoms with E-state index in [-0.39, 0.29) is 28.2 Å². The molecule has 0 saturated carbocycles. The number of halogens is 4. The van der Waals surface area contributed by atoms with E-state index in [1.54, 1.807) is 29.5 Å². The largest absolute Gasteiger partial charge is 0.573 e. The third-order valence-corrected chi connectivity index (χ3v) is 8.39. The molecular formula is C28H27ClF3N5O4S. The summed E-state index contributed by atoms with van der Waals surface area (Å²) < 4.78 is 42.1. The van der Waals surface area contributed by atoms with Crippen molar-refractivity contribution in [3.63, 3.8) is 0 Å². The minimum atomic E-state index is -4.93. The van der Waals surface area contributed by atoms with Crippen LogP contribution in [0.3, 0.4) is 0 Å². The van der Waals surface area contributed by atoms with Gasteiger partial charge in [0.25, 0.3) is 11.8 Å². The predicted molar refractivity (Wildman–Crippen MR) is 151 cm³/mol. The van der Waals surface area contributed by atoms with Crippen LogP contribution in [-0.2, 0) is 4.79 Å². The quantitative estimate of drug-likeness (QED) is 0.398. The number of anilines is 1. The Morgan fingerprint density at radius 1 is 1.10 bits per heavy atom. The highest BCUT2D eigenvalue weighted by atomic mass is 35.5. The second-order valence-electron chi connectivity index (χ2n) is 10.2. The van der Waals surface area contributed by atoms with Crippen molar-refractivity contribution in [3.05, 3.63) is 74.7 Å². The van der Waals surface area contributed by atoms with Crippen LogP contribution in [0.4, 0.5) is 18.9 Å². The van der Waals surface area contributed by atoms with Gasteiger partial charge in [-0.2, -0.15) is 0 Å². The number of carbonyl (C=O) groups excluding carboxylic acids is 3. The second kappa shape index (κ2) is 11.9. The molecule has 5 rings (SSSR count). The minimum Gasteiger partial charge on any atom is -0.406 e. The van der Waals surface area contributed by atoms with Gasteiger partial charge in [-0.05, 0) is 55.8 Å². The topological polar surface area (TPSA) is 95.1 Å². The Bertz CT molecular complexity index is 1500. The molecule has 2 atom stereocenters. The molecule has 42 heavy (non-hydrogen) atoms. The fourth-order valence-electron chi connectivity index (χ4n) is 5.14. The predicted octanol–water partition coefficient (Wildman–Crippen LogP) is 5.37. The van der Waals surface area contributed by atoms with Gasteiger partial charge < -0.3 is 19.9 Å². The van der Waals surface area contributed by atoms with E-state index in [0.29, 0.717) is 36.6 Å². The number of ether oxygens (including phenoxy) is 1. The number of likely N-dealkylation sites (N-methyl/N-ethyl adjacent to an activating group) is 2. The van der Waals surface area contributed by atoms with Crippen molar-refractivity contribution in [3.8, 4) is 5.75 Å². The number of likely N-dealkylation sites (tertiary alicyclic amines) is 1. The molecule has 3 amide bonds. The normalized spacial score (nSPS) is 19.7. The molecule has 2 fully saturated rings. The van der Waals surface area contributed by atoms with E-state index in [2.05, 4.69) is 15.0 Å². The van der Waals surface area contributed by atoms with Gasteiger partial charge in [0.05, 0.1) is 6.04 Å². The van der Waals surface area contributed by atoms with Crippen molar-refractivity contribution in [2.45, 2.75) is 31.3 Å². The molecule has 222 valence electrons. The van der Waals surface area contributed by atoms with Crippen LogP contribution in [0.5, 0.6) is 5.75 Å². The van der Waals surface area contributed by atoms with E-state index in [4.69, 9.17) is 11.6 Å². The molecule has 0 spiro atoms. The number of piperazine rings is 1. The number of alkyl halides is 3. The number of aromatic nitrogens is 1. The molecule has 1 N–H and O–H groups in total. The number of rotatable bonds is 6. The number of amides is 3. The minimum absolute atomic E-state index is 0.0143. The Morgan fingerprint density at radius 3 is 2.55 bits per heavy atom. The Balaban J connectivity index is 1.26. The number of nitrogens with zero attached hydrogens (tertiary/aromatic N) is 4. The summed E-state index contributed by atoms with van der Waals surface area (Å²) in [4.78, 5) is 48.6. The fraction of sp³-hybridized carbons (Fsp3) is 0.357. The molecule has 0 radical (unpaired) electrons. The number of thiazole rings is 1. The smallest absolute Gasteiger partial charge is 0.406 e. The van der Waals surface area contributed by atoms with Crippen molar-refractivity contribution in [2.75, 3.05) is 39.0 Å². The highest BCUT2D eigenvalue weighted by Crippen LogP contribution is 2.36. The van der Waals surface area contributed by atoms with Crippen LogP contribution < -0.4 is 10.1 Å². The van der Waals surface area contributed by atoms with Crippen LogP contribution in [0.1, 0.15) is 56.3 Å². The Morgan fingerprint density at radius 2 is 1.83 bits per heavy atom. The molecule has 9 nitrogen and oxygen atoms in total. The van der Waals surface area contributed by atoms with E-state index >= 15 is 0 Å². The van der Waals surface area contributed by atoms with Crippen LogP contribution in [0, 0.1) is 0 Å². The molecule has 2 aliphatic heterocycles. The molecule has 3 heterocycles. The molecule has 0 bridgehead atoms. The fourth-order valence-corrected chi connectivity index (χ4v) is 6.31. The highest BCUT2D eigenvalue weighted by Gasteiger charge is 2.35. The van der Waals surface area contributed by atoms with Crippen molar-refractivity contribution in [2.24, 2.45) is 0 Å². The first-order valence-electron chi connectivity index (χ1n) is 13.1. The van der Waals surface area contributed by atoms with Crippen LogP contribution in [0.25, 0.3) is 0 Å². The van der Waals surface area contributed by atoms with E-state index in [1.807, 2.05) is 24.1 Å². The second-order valence-corrected chi connectivity index (χ2v) is 11.5. The van der Waals surface area contributed by atoms with Gasteiger partial charge in [0.15, 0.2) is 0 Å². The first-order chi connectivity index (χ1) is 19.9. The van der Waals surface area contributed by atoms with Gasteiger partial charge in [-0.25, -0.2) is 4.98 Å². The van der Waals surface area contributed by atoms with E-state index < -0.39 is 30.0 Å². The number of benzene rings is 2. The highest BCUT2D eigenvalue weighted by molar-refractivity contribution is 7.10. The average molecular weight is 622 g/mol. The lowest BCUT2D eigenvalue weighted by Crippen LogP contribution is -2.48. The molecule has 0 aliphatic carbocycles. The summed E-state index contributed by atoms with van der Waals surface area (Å²) in [5, 5.41) is 4.88. The summed E-state index contributed by atoms with van der Waals surface area (Å²) in [5.41, 5.74) is 1.49. The van der Waals surface area contributed by atoms with Crippen molar-refractivity contribution < 1.29 is 32.3 Å². The first-order valence-corrected chi connectivity index (χ1v) is 14.3. The summed E-state index contributed by atoms with van der Waals surface area (Å²) in [6, 6.07) is 9.52. The summed E-state index contributed by atoms with van der Waals surface area (Å²) >= 11 is 7.19. The van der Waals surface area contributed by atoms with E-state index in [0.717, 1.165) is 24.2 Å². The third kappa shape index (κ3) is 6.53. The van der Waals surface area contributed by atoms with Crippen molar-refractivity contribution in [1.29, 1.82) is 0 Å². The summed E-state index contributed by atoms with van der Waals surface area (Å²) in [5.74, 6) is -1.52. The summed E-state index contributed by atoms with van der Waals surface area (Å²) in [6.07, 6.45) is -3.69. The number of hydrogen-bond donors (Lipinski definition) is 1. The zero-order valence-corrected chi connectivity index (χ0v) is 24.2. The van der Waals surface area contributed by atoms with Gasteiger partial charge in [-0.1, -0.05) is 23.7 Å². The van der Waals surface area contributed by atoms with Gasteiger partial charge in [0, 0.05) is 48.3 Å². The number of nitrogens with one attached hydrogen (secondary N) is 1. The molecule has 3 aromatic rings. The maximum atomic E-state index is 13.3. The lowest BCUT2D eigenvalue weighted by atomic mass is 10.0. The van der Waals surface area contributed by atoms with Gasteiger partial charge in [-0.3, -0.25) is 19.3 Å². The Hall–Kier alpha value is -3.68. The Kier molecular flexibility index (Phi) is 8.44. The SMILES string of the molecule is CN1CCN(C)C(c2ccc(NC(=O)c3csc([C@H]4CCCN4C(=O)c4cc(Cl)cc(OC(F)(F)F)c4)n3)cc2)C1=O. The van der Waals surface area contributed by atoms with Gasteiger partial charge in [-0.15, -0.1) is 24.5 Å². The average Bonchev–Trinajstić information content (AvgIpc) is 3.60. The van der Waals surface area contributed by atoms with Gasteiger partial charge in [0.1, 0.15) is 22.5 Å². The monoisotopic (exact) mass is 621 g/mol. The standard InChI is InChI=1S/C28H27ClF3N5O4S/c1-35-10-11-36(2)27(40)23(35)16-5-7-19(8-6-16)33-24(38)21-15-42-25(34-21)22-4-3-9-37(22)26(39)17-12-18(29)14-20(13-17)41-28(30,31)32/h5-8,12-15,22-23H,3-4,9-11H2,1-2H3,(H,33,38)/t22-,23?/m1/s1. The maximum absolute atomic E-state index is 13.3. The summed E-state index contributed by atoms with van der Waals surface area (Å²) in [7, 11) is 3.68. The first kappa shape index (κ1) is 29.8. The summed E-state index contributed by atoms with van der Waals surface area (Å²) in [6.45, 7) is 1.79. The van der Waals surface area contributed by atoms with Crippen molar-refractivity contribution >= 4 is 46.3 Å². The van der Waals surface area contributed by atoms with Gasteiger partial charge in [0.2, 0.25) is 5.91 Å². The molecule has 1 aromatic heterocycles. The molecule has 1 unspecified atom stereocenters. The number of carbonyl (C=O) groups is 3. The van der Waals surface area contributed by atoms with Gasteiger partial charge >= 0.3 is 6.36 Å². The zero-order chi connectivity index (χ0) is 30.2. The molecule has 2 aliphatic rings. The molecule has 2 aromatic carbocycles. The Labute approximate surface area is 248 Å². The van der Waals surface area contributed by atoms with Crippen LogP contribution in [0.15, 0.2) is 47.8 Å². The molecule has 2 saturated heterocycles. The van der Waals surface area contributed by atoms with E-state index in [9.17, 15) is 27.6 Å². The van der Waals surface area contributed by atoms with Crippen LogP contribution >= 0.6 is 22.9 Å². The van der Waals surface area contributed by atoms with E-state index in [1.165, 1.54) is 22.3 Å². The molecule has 14 heteroatoms. The van der Waals surface area contributed by atoms with Crippen LogP contribution in [0.2, 0.25) is 5.02 Å². The lowest BCUT2D eigenvalue weighted by molar-refractivity contribution is -0.274. The van der Waals surface area contributed by atoms with Crippen molar-refractivity contribution in [1.82, 2.24) is 19.7 Å². The van der Waals surface area contributed by atoms with Crippen LogP contribution in [-0.4, -0.2) is 77.5 Å².